The van der Waals surface area contributed by atoms with Crippen LogP contribution in [0.5, 0.6) is 0 Å². The molecule has 0 N–H and O–H groups in total. The summed E-state index contributed by atoms with van der Waals surface area (Å²) < 4.78 is 9.01. The smallest absolute Gasteiger partial charge is 0.435 e. The third-order valence-corrected chi connectivity index (χ3v) is 1.79. The number of carbonyl (C=O) groups is 1. The number of amides is 1. The third-order valence-electron chi connectivity index (χ3n) is 1.07. The van der Waals surface area contributed by atoms with Crippen LogP contribution < -0.4 is 0 Å². The summed E-state index contributed by atoms with van der Waals surface area (Å²) in [5.74, 6) is 2.33. The van der Waals surface area contributed by atoms with Crippen molar-refractivity contribution in [2.45, 2.75) is 4.11 Å². The Morgan fingerprint density at radius 1 is 1.69 bits per heavy atom. The summed E-state index contributed by atoms with van der Waals surface area (Å²) >= 11 is 1.90. The van der Waals surface area contributed by atoms with Crippen LogP contribution in [0.1, 0.15) is 0 Å². The van der Waals surface area contributed by atoms with E-state index >= 15 is 0 Å². The maximum atomic E-state index is 10.9. The lowest BCUT2D eigenvalue weighted by Crippen LogP contribution is -2.32. The number of nitrogens with zero attached hydrogens (tertiary/aromatic N) is 1. The van der Waals surface area contributed by atoms with Crippen LogP contribution in [0.15, 0.2) is 0 Å². The van der Waals surface area contributed by atoms with Crippen molar-refractivity contribution in [1.29, 1.82) is 0 Å². The Morgan fingerprint density at radius 2 is 2.31 bits per heavy atom. The second-order valence-electron chi connectivity index (χ2n) is 1.81. The largest absolute Gasteiger partial charge is 0.451 e. The molecule has 1 unspecified atom stereocenters. The lowest BCUT2D eigenvalue weighted by molar-refractivity contribution is -0.159. The number of terminal acetylenes is 1. The highest BCUT2D eigenvalue weighted by molar-refractivity contribution is 14.1. The second kappa shape index (κ2) is 6.94. The standard InChI is InChI=1S/C7H10INO4/c1-4-6(8)13-5-9(12-3)7(10)11-2/h1,6H,5H2,2-3H3. The first-order valence-electron chi connectivity index (χ1n) is 3.27. The van der Waals surface area contributed by atoms with Crippen molar-refractivity contribution >= 4 is 28.7 Å². The van der Waals surface area contributed by atoms with Gasteiger partial charge in [-0.2, -0.15) is 5.06 Å². The summed E-state index contributed by atoms with van der Waals surface area (Å²) in [5.41, 5.74) is 0. The summed E-state index contributed by atoms with van der Waals surface area (Å²) in [4.78, 5) is 15.5. The molecule has 0 aromatic heterocycles. The van der Waals surface area contributed by atoms with Crippen molar-refractivity contribution < 1.29 is 19.1 Å². The zero-order valence-electron chi connectivity index (χ0n) is 7.32. The minimum absolute atomic E-state index is 0.0685. The molecule has 5 nitrogen and oxygen atoms in total. The predicted molar refractivity (Wildman–Crippen MR) is 53.8 cm³/mol. The van der Waals surface area contributed by atoms with E-state index in [9.17, 15) is 4.79 Å². The molecule has 0 fully saturated rings. The van der Waals surface area contributed by atoms with Gasteiger partial charge >= 0.3 is 6.09 Å². The van der Waals surface area contributed by atoms with Gasteiger partial charge in [0, 0.05) is 0 Å². The minimum Gasteiger partial charge on any atom is -0.451 e. The van der Waals surface area contributed by atoms with Gasteiger partial charge in [-0.25, -0.2) is 4.79 Å². The first-order chi connectivity index (χ1) is 6.15. The van der Waals surface area contributed by atoms with Crippen molar-refractivity contribution in [3.8, 4) is 12.3 Å². The van der Waals surface area contributed by atoms with Gasteiger partial charge in [0.2, 0.25) is 0 Å². The van der Waals surface area contributed by atoms with Crippen molar-refractivity contribution in [3.05, 3.63) is 0 Å². The zero-order valence-corrected chi connectivity index (χ0v) is 9.48. The first-order valence-corrected chi connectivity index (χ1v) is 4.51. The molecular formula is C7H10INO4. The third kappa shape index (κ3) is 4.92. The molecule has 1 atom stereocenters. The molecule has 0 heterocycles. The highest BCUT2D eigenvalue weighted by Crippen LogP contribution is 2.02. The minimum atomic E-state index is -0.636. The lowest BCUT2D eigenvalue weighted by Gasteiger charge is -2.18. The van der Waals surface area contributed by atoms with Gasteiger partial charge in [0.15, 0.2) is 10.8 Å². The maximum Gasteiger partial charge on any atom is 0.435 e. The van der Waals surface area contributed by atoms with Gasteiger partial charge < -0.3 is 9.47 Å². The van der Waals surface area contributed by atoms with Crippen LogP contribution in [0, 0.1) is 12.3 Å². The Kier molecular flexibility index (Phi) is 6.66. The monoisotopic (exact) mass is 299 g/mol. The number of hydroxylamine groups is 2. The number of hydrogen-bond acceptors (Lipinski definition) is 4. The SMILES string of the molecule is C#CC(I)OCN(OC)C(=O)OC. The lowest BCUT2D eigenvalue weighted by atomic mass is 10.7. The summed E-state index contributed by atoms with van der Waals surface area (Å²) in [5, 5.41) is 0.906. The summed E-state index contributed by atoms with van der Waals surface area (Å²) in [6, 6.07) is 0. The molecule has 0 aliphatic carbocycles. The summed E-state index contributed by atoms with van der Waals surface area (Å²) in [6.07, 6.45) is 4.41. The van der Waals surface area contributed by atoms with E-state index in [1.807, 2.05) is 22.6 Å². The fraction of sp³-hybridized carbons (Fsp3) is 0.571. The molecule has 0 aromatic carbocycles. The van der Waals surface area contributed by atoms with Gasteiger partial charge in [-0.1, -0.05) is 5.92 Å². The highest BCUT2D eigenvalue weighted by Gasteiger charge is 2.14. The van der Waals surface area contributed by atoms with E-state index in [1.165, 1.54) is 14.2 Å². The van der Waals surface area contributed by atoms with Gasteiger partial charge in [0.05, 0.1) is 14.2 Å². The molecule has 74 valence electrons. The van der Waals surface area contributed by atoms with E-state index in [0.29, 0.717) is 0 Å². The average molecular weight is 299 g/mol. The van der Waals surface area contributed by atoms with Crippen LogP contribution in [0.2, 0.25) is 0 Å². The van der Waals surface area contributed by atoms with Gasteiger partial charge in [-0.3, -0.25) is 4.84 Å². The molecule has 1 amide bonds. The first kappa shape index (κ1) is 12.5. The van der Waals surface area contributed by atoms with Crippen LogP contribution >= 0.6 is 22.6 Å². The molecule has 0 spiro atoms. The van der Waals surface area contributed by atoms with E-state index in [4.69, 9.17) is 11.2 Å². The second-order valence-corrected chi connectivity index (χ2v) is 2.94. The van der Waals surface area contributed by atoms with E-state index in [1.54, 1.807) is 0 Å². The van der Waals surface area contributed by atoms with Crippen molar-refractivity contribution in [2.24, 2.45) is 0 Å². The van der Waals surface area contributed by atoms with Crippen LogP contribution in [0.4, 0.5) is 4.79 Å². The quantitative estimate of drug-likeness (QED) is 0.255. The van der Waals surface area contributed by atoms with Crippen LogP contribution in [0.25, 0.3) is 0 Å². The van der Waals surface area contributed by atoms with Crippen LogP contribution in [-0.2, 0) is 14.3 Å². The Labute approximate surface area is 90.4 Å². The predicted octanol–water partition coefficient (Wildman–Crippen LogP) is 0.985. The Morgan fingerprint density at radius 3 is 2.69 bits per heavy atom. The topological polar surface area (TPSA) is 48.0 Å². The molecular weight excluding hydrogens is 289 g/mol. The average Bonchev–Trinajstić information content (AvgIpc) is 2.17. The number of ether oxygens (including phenoxy) is 2. The Balaban J connectivity index is 3.86. The number of hydrogen-bond donors (Lipinski definition) is 0. The summed E-state index contributed by atoms with van der Waals surface area (Å²) in [6.45, 7) is -0.0685. The highest BCUT2D eigenvalue weighted by atomic mass is 127. The van der Waals surface area contributed by atoms with E-state index in [-0.39, 0.29) is 6.73 Å². The summed E-state index contributed by atoms with van der Waals surface area (Å²) in [7, 11) is 2.58. The molecule has 0 aliphatic heterocycles. The zero-order chi connectivity index (χ0) is 10.3. The number of carbonyl (C=O) groups excluding carboxylic acids is 1. The molecule has 0 aromatic rings. The number of halogens is 1. The number of methoxy groups -OCH3 is 1. The Bertz CT molecular complexity index is 203. The maximum absolute atomic E-state index is 10.9. The van der Waals surface area contributed by atoms with Crippen molar-refractivity contribution in [1.82, 2.24) is 5.06 Å². The molecule has 13 heavy (non-hydrogen) atoms. The van der Waals surface area contributed by atoms with E-state index < -0.39 is 10.2 Å². The molecule has 0 saturated carbocycles. The van der Waals surface area contributed by atoms with Crippen molar-refractivity contribution in [2.75, 3.05) is 21.0 Å². The molecule has 0 radical (unpaired) electrons. The fourth-order valence-electron chi connectivity index (χ4n) is 0.463. The normalized spacial score (nSPS) is 11.5. The molecule has 0 saturated heterocycles. The number of rotatable bonds is 4. The fourth-order valence-corrected chi connectivity index (χ4v) is 0.624. The van der Waals surface area contributed by atoms with Gasteiger partial charge in [-0.05, 0) is 22.6 Å². The van der Waals surface area contributed by atoms with Gasteiger partial charge in [0.1, 0.15) is 0 Å². The van der Waals surface area contributed by atoms with Gasteiger partial charge in [-0.15, -0.1) is 6.42 Å². The van der Waals surface area contributed by atoms with Crippen LogP contribution in [-0.4, -0.2) is 36.2 Å². The van der Waals surface area contributed by atoms with Gasteiger partial charge in [0.25, 0.3) is 0 Å². The molecule has 0 aliphatic rings. The Hall–Kier alpha value is -0.520. The van der Waals surface area contributed by atoms with E-state index in [0.717, 1.165) is 5.06 Å². The van der Waals surface area contributed by atoms with Crippen LogP contribution in [0.3, 0.4) is 0 Å². The molecule has 0 rings (SSSR count). The molecule has 0 bridgehead atoms. The van der Waals surface area contributed by atoms with Crippen molar-refractivity contribution in [3.63, 3.8) is 0 Å². The van der Waals surface area contributed by atoms with E-state index in [2.05, 4.69) is 15.5 Å². The molecule has 6 heteroatoms. The number of alkyl halides is 1.